The van der Waals surface area contributed by atoms with Crippen molar-refractivity contribution in [3.63, 3.8) is 0 Å². The number of nitriles is 1. The van der Waals surface area contributed by atoms with E-state index >= 15 is 0 Å². The minimum Gasteiger partial charge on any atom is -0.449 e. The third kappa shape index (κ3) is 2.11. The first-order chi connectivity index (χ1) is 7.81. The summed E-state index contributed by atoms with van der Waals surface area (Å²) in [7, 11) is 0. The van der Waals surface area contributed by atoms with Crippen LogP contribution >= 0.6 is 0 Å². The number of ether oxygens (including phenoxy) is 1. The van der Waals surface area contributed by atoms with Crippen molar-refractivity contribution in [1.82, 2.24) is 9.88 Å². The summed E-state index contributed by atoms with van der Waals surface area (Å²) in [4.78, 5) is 16.9. The number of carbonyl (C=O) groups is 1. The Morgan fingerprint density at radius 2 is 2.56 bits per heavy atom. The zero-order chi connectivity index (χ0) is 11.4. The fraction of sp³-hybridized carbons (Fsp3) is 0.364. The first kappa shape index (κ1) is 10.4. The van der Waals surface area contributed by atoms with Gasteiger partial charge >= 0.3 is 6.09 Å². The highest BCUT2D eigenvalue weighted by molar-refractivity contribution is 5.69. The Hall–Kier alpha value is -2.09. The zero-order valence-corrected chi connectivity index (χ0v) is 8.67. The molecule has 1 unspecified atom stereocenters. The number of cyclic esters (lactones) is 1. The van der Waals surface area contributed by atoms with Crippen molar-refractivity contribution in [2.75, 3.05) is 6.61 Å². The normalized spacial score (nSPS) is 20.1. The standard InChI is InChI=1S/C11H11N3O2/c12-6-10-3-5-16-11(15)14(10)8-9-2-1-4-13-7-9/h1-2,4,7,10H,3,5,8H2. The van der Waals surface area contributed by atoms with E-state index in [1.165, 1.54) is 4.90 Å². The SMILES string of the molecule is N#CC1CCOC(=O)N1Cc1cccnc1. The maximum Gasteiger partial charge on any atom is 0.411 e. The molecule has 0 aliphatic carbocycles. The summed E-state index contributed by atoms with van der Waals surface area (Å²) in [5.41, 5.74) is 0.890. The number of amides is 1. The van der Waals surface area contributed by atoms with Gasteiger partial charge in [0.2, 0.25) is 0 Å². The number of carbonyl (C=O) groups excluding carboxylic acids is 1. The van der Waals surface area contributed by atoms with Gasteiger partial charge in [-0.3, -0.25) is 9.88 Å². The Morgan fingerprint density at radius 1 is 1.69 bits per heavy atom. The van der Waals surface area contributed by atoms with Crippen LogP contribution in [0, 0.1) is 11.3 Å². The first-order valence-electron chi connectivity index (χ1n) is 5.03. The minimum absolute atomic E-state index is 0.320. The van der Waals surface area contributed by atoms with Gasteiger partial charge in [-0.1, -0.05) is 6.07 Å². The molecule has 1 aromatic rings. The summed E-state index contributed by atoms with van der Waals surface area (Å²) in [5, 5.41) is 8.94. The number of aromatic nitrogens is 1. The van der Waals surface area contributed by atoms with Gasteiger partial charge < -0.3 is 4.74 Å². The Bertz CT molecular complexity index is 413. The monoisotopic (exact) mass is 217 g/mol. The van der Waals surface area contributed by atoms with Crippen molar-refractivity contribution in [1.29, 1.82) is 5.26 Å². The summed E-state index contributed by atoms with van der Waals surface area (Å²) in [6.45, 7) is 0.686. The van der Waals surface area contributed by atoms with Gasteiger partial charge in [0.1, 0.15) is 6.04 Å². The topological polar surface area (TPSA) is 66.2 Å². The predicted octanol–water partition coefficient (Wildman–Crippen LogP) is 1.32. The smallest absolute Gasteiger partial charge is 0.411 e. The Kier molecular flexibility index (Phi) is 3.01. The van der Waals surface area contributed by atoms with Gasteiger partial charge in [0, 0.05) is 18.8 Å². The van der Waals surface area contributed by atoms with E-state index in [0.717, 1.165) is 5.56 Å². The third-order valence-electron chi connectivity index (χ3n) is 2.45. The second-order valence-corrected chi connectivity index (χ2v) is 3.54. The molecule has 5 nitrogen and oxygen atoms in total. The molecule has 0 spiro atoms. The molecule has 0 N–H and O–H groups in total. The van der Waals surface area contributed by atoms with Gasteiger partial charge in [0.15, 0.2) is 0 Å². The molecular formula is C11H11N3O2. The second kappa shape index (κ2) is 4.62. The average Bonchev–Trinajstić information content (AvgIpc) is 2.33. The van der Waals surface area contributed by atoms with Crippen molar-refractivity contribution >= 4 is 6.09 Å². The molecule has 1 atom stereocenters. The molecule has 2 rings (SSSR count). The number of rotatable bonds is 2. The van der Waals surface area contributed by atoms with Crippen LogP contribution in [0.2, 0.25) is 0 Å². The van der Waals surface area contributed by atoms with Crippen LogP contribution in [0.3, 0.4) is 0 Å². The summed E-state index contributed by atoms with van der Waals surface area (Å²) >= 11 is 0. The van der Waals surface area contributed by atoms with Crippen molar-refractivity contribution in [3.8, 4) is 6.07 Å². The molecule has 1 amide bonds. The van der Waals surface area contributed by atoms with E-state index in [9.17, 15) is 4.79 Å². The quantitative estimate of drug-likeness (QED) is 0.749. The van der Waals surface area contributed by atoms with Crippen LogP contribution in [0.5, 0.6) is 0 Å². The summed E-state index contributed by atoms with van der Waals surface area (Å²) in [5.74, 6) is 0. The molecule has 1 aliphatic heterocycles. The van der Waals surface area contributed by atoms with E-state index in [4.69, 9.17) is 10.00 Å². The van der Waals surface area contributed by atoms with Gasteiger partial charge in [-0.05, 0) is 11.6 Å². The highest BCUT2D eigenvalue weighted by Gasteiger charge is 2.29. The van der Waals surface area contributed by atoms with Crippen LogP contribution in [0.15, 0.2) is 24.5 Å². The zero-order valence-electron chi connectivity index (χ0n) is 8.67. The van der Waals surface area contributed by atoms with E-state index in [1.54, 1.807) is 18.5 Å². The van der Waals surface area contributed by atoms with Crippen LogP contribution in [0.1, 0.15) is 12.0 Å². The van der Waals surface area contributed by atoms with Gasteiger partial charge in [-0.2, -0.15) is 5.26 Å². The maximum atomic E-state index is 11.5. The molecular weight excluding hydrogens is 206 g/mol. The molecule has 1 fully saturated rings. The first-order valence-corrected chi connectivity index (χ1v) is 5.03. The number of pyridine rings is 1. The molecule has 1 saturated heterocycles. The largest absolute Gasteiger partial charge is 0.449 e. The van der Waals surface area contributed by atoms with E-state index in [2.05, 4.69) is 11.1 Å². The number of nitrogens with zero attached hydrogens (tertiary/aromatic N) is 3. The summed E-state index contributed by atoms with van der Waals surface area (Å²) in [6.07, 6.45) is 3.47. The lowest BCUT2D eigenvalue weighted by atomic mass is 10.1. The molecule has 1 aromatic heterocycles. The van der Waals surface area contributed by atoms with Crippen LogP contribution in [-0.2, 0) is 11.3 Å². The van der Waals surface area contributed by atoms with Gasteiger partial charge in [0.05, 0.1) is 19.2 Å². The molecule has 5 heteroatoms. The van der Waals surface area contributed by atoms with Crippen molar-refractivity contribution in [3.05, 3.63) is 30.1 Å². The van der Waals surface area contributed by atoms with Gasteiger partial charge in [-0.15, -0.1) is 0 Å². The van der Waals surface area contributed by atoms with Crippen molar-refractivity contribution in [2.24, 2.45) is 0 Å². The van der Waals surface area contributed by atoms with E-state index < -0.39 is 12.1 Å². The number of hydrogen-bond donors (Lipinski definition) is 0. The van der Waals surface area contributed by atoms with E-state index in [-0.39, 0.29) is 0 Å². The van der Waals surface area contributed by atoms with E-state index in [1.807, 2.05) is 6.07 Å². The van der Waals surface area contributed by atoms with Gasteiger partial charge in [0.25, 0.3) is 0 Å². The van der Waals surface area contributed by atoms with Crippen LogP contribution in [0.25, 0.3) is 0 Å². The Balaban J connectivity index is 2.12. The highest BCUT2D eigenvalue weighted by atomic mass is 16.6. The number of hydrogen-bond acceptors (Lipinski definition) is 4. The Labute approximate surface area is 93.3 Å². The van der Waals surface area contributed by atoms with Gasteiger partial charge in [-0.25, -0.2) is 4.79 Å². The molecule has 2 heterocycles. The minimum atomic E-state index is -0.429. The summed E-state index contributed by atoms with van der Waals surface area (Å²) < 4.78 is 4.91. The fourth-order valence-corrected chi connectivity index (χ4v) is 1.62. The molecule has 1 aliphatic rings. The molecule has 0 radical (unpaired) electrons. The molecule has 82 valence electrons. The lowest BCUT2D eigenvalue weighted by molar-refractivity contribution is 0.0545. The van der Waals surface area contributed by atoms with Crippen LogP contribution < -0.4 is 0 Å². The molecule has 0 bridgehead atoms. The third-order valence-corrected chi connectivity index (χ3v) is 2.45. The van der Waals surface area contributed by atoms with Crippen LogP contribution in [-0.4, -0.2) is 28.6 Å². The average molecular weight is 217 g/mol. The lowest BCUT2D eigenvalue weighted by Crippen LogP contribution is -2.44. The molecule has 16 heavy (non-hydrogen) atoms. The highest BCUT2D eigenvalue weighted by Crippen LogP contribution is 2.16. The van der Waals surface area contributed by atoms with Crippen LogP contribution in [0.4, 0.5) is 4.79 Å². The second-order valence-electron chi connectivity index (χ2n) is 3.54. The van der Waals surface area contributed by atoms with Crippen molar-refractivity contribution in [2.45, 2.75) is 19.0 Å². The molecule has 0 aromatic carbocycles. The Morgan fingerprint density at radius 3 is 3.25 bits per heavy atom. The fourth-order valence-electron chi connectivity index (χ4n) is 1.62. The van der Waals surface area contributed by atoms with Crippen molar-refractivity contribution < 1.29 is 9.53 Å². The lowest BCUT2D eigenvalue weighted by Gasteiger charge is -2.30. The summed E-state index contributed by atoms with van der Waals surface area (Å²) in [6, 6.07) is 5.37. The maximum absolute atomic E-state index is 11.5. The molecule has 0 saturated carbocycles. The predicted molar refractivity (Wildman–Crippen MR) is 55.1 cm³/mol. The van der Waals surface area contributed by atoms with E-state index in [0.29, 0.717) is 19.6 Å².